The molecule has 0 heterocycles. The van der Waals surface area contributed by atoms with Crippen LogP contribution in [0.3, 0.4) is 0 Å². The fourth-order valence-electron chi connectivity index (χ4n) is 3.59. The van der Waals surface area contributed by atoms with Crippen LogP contribution in [0.15, 0.2) is 36.4 Å². The van der Waals surface area contributed by atoms with Crippen molar-refractivity contribution in [3.05, 3.63) is 48.0 Å². The fourth-order valence-corrected chi connectivity index (χ4v) is 3.59. The third-order valence-electron chi connectivity index (χ3n) is 5.31. The van der Waals surface area contributed by atoms with Crippen molar-refractivity contribution >= 4 is 23.2 Å². The van der Waals surface area contributed by atoms with E-state index < -0.39 is 11.6 Å². The molecular formula is C22H24F2N2O4. The van der Waals surface area contributed by atoms with Gasteiger partial charge >= 0.3 is 0 Å². The molecule has 8 heteroatoms. The number of hydrogen-bond donors (Lipinski definition) is 2. The Hall–Kier alpha value is -3.16. The number of methoxy groups -OCH3 is 2. The maximum atomic E-state index is 13.8. The third-order valence-corrected chi connectivity index (χ3v) is 5.31. The second-order valence-electron chi connectivity index (χ2n) is 7.23. The molecule has 1 aliphatic carbocycles. The topological polar surface area (TPSA) is 76.7 Å². The van der Waals surface area contributed by atoms with E-state index in [-0.39, 0.29) is 35.1 Å². The van der Waals surface area contributed by atoms with Crippen molar-refractivity contribution in [3.63, 3.8) is 0 Å². The lowest BCUT2D eigenvalue weighted by molar-refractivity contribution is -0.125. The van der Waals surface area contributed by atoms with Gasteiger partial charge in [-0.15, -0.1) is 0 Å². The van der Waals surface area contributed by atoms with Crippen LogP contribution in [0.2, 0.25) is 0 Å². The van der Waals surface area contributed by atoms with Crippen molar-refractivity contribution in [2.75, 3.05) is 24.9 Å². The van der Waals surface area contributed by atoms with Crippen molar-refractivity contribution in [1.82, 2.24) is 0 Å². The van der Waals surface area contributed by atoms with Crippen LogP contribution in [0, 0.1) is 23.5 Å². The second-order valence-corrected chi connectivity index (χ2v) is 7.23. The summed E-state index contributed by atoms with van der Waals surface area (Å²) < 4.78 is 37.3. The molecule has 0 atom stereocenters. The number of carbonyl (C=O) groups is 2. The number of hydrogen-bond acceptors (Lipinski definition) is 4. The molecule has 1 saturated carbocycles. The number of ether oxygens (including phenoxy) is 2. The summed E-state index contributed by atoms with van der Waals surface area (Å²) in [4.78, 5) is 25.0. The van der Waals surface area contributed by atoms with Crippen LogP contribution in [0.5, 0.6) is 11.5 Å². The third kappa shape index (κ3) is 5.06. The summed E-state index contributed by atoms with van der Waals surface area (Å²) in [5.41, 5.74) is 0.722. The maximum absolute atomic E-state index is 13.8. The lowest BCUT2D eigenvalue weighted by atomic mass is 9.81. The molecule has 30 heavy (non-hydrogen) atoms. The first-order valence-corrected chi connectivity index (χ1v) is 9.70. The van der Waals surface area contributed by atoms with Gasteiger partial charge in [0.15, 0.2) is 23.1 Å². The zero-order valence-electron chi connectivity index (χ0n) is 16.8. The minimum absolute atomic E-state index is 0.108. The SMILES string of the molecule is COc1ccc(NC(=O)C2CCC(C(=O)Nc3ccc(OC)c(F)c3)CC2)cc1F. The average Bonchev–Trinajstić information content (AvgIpc) is 2.74. The molecule has 0 unspecified atom stereocenters. The molecule has 0 spiro atoms. The van der Waals surface area contributed by atoms with Gasteiger partial charge in [0.2, 0.25) is 11.8 Å². The highest BCUT2D eigenvalue weighted by Crippen LogP contribution is 2.31. The van der Waals surface area contributed by atoms with E-state index in [9.17, 15) is 18.4 Å². The lowest BCUT2D eigenvalue weighted by Gasteiger charge is -2.27. The molecule has 3 rings (SSSR count). The van der Waals surface area contributed by atoms with Crippen LogP contribution in [0.25, 0.3) is 0 Å². The monoisotopic (exact) mass is 418 g/mol. The van der Waals surface area contributed by atoms with Gasteiger partial charge in [0.25, 0.3) is 0 Å². The highest BCUT2D eigenvalue weighted by atomic mass is 19.1. The van der Waals surface area contributed by atoms with Gasteiger partial charge in [-0.05, 0) is 49.9 Å². The van der Waals surface area contributed by atoms with E-state index in [0.717, 1.165) is 0 Å². The second kappa shape index (κ2) is 9.56. The summed E-state index contributed by atoms with van der Waals surface area (Å²) in [6, 6.07) is 8.48. The smallest absolute Gasteiger partial charge is 0.227 e. The lowest BCUT2D eigenvalue weighted by Crippen LogP contribution is -2.32. The minimum atomic E-state index is -0.550. The van der Waals surface area contributed by atoms with Crippen molar-refractivity contribution in [1.29, 1.82) is 0 Å². The summed E-state index contributed by atoms with van der Waals surface area (Å²) in [5.74, 6) is -1.79. The summed E-state index contributed by atoms with van der Waals surface area (Å²) >= 11 is 0. The van der Waals surface area contributed by atoms with E-state index in [0.29, 0.717) is 37.1 Å². The summed E-state index contributed by atoms with van der Waals surface area (Å²) in [6.07, 6.45) is 2.16. The van der Waals surface area contributed by atoms with Crippen LogP contribution >= 0.6 is 0 Å². The highest BCUT2D eigenvalue weighted by molar-refractivity contribution is 5.94. The van der Waals surface area contributed by atoms with E-state index >= 15 is 0 Å². The Balaban J connectivity index is 1.51. The standard InChI is InChI=1S/C22H24F2N2O4/c1-29-19-9-7-15(11-17(19)23)25-21(27)13-3-5-14(6-4-13)22(28)26-16-8-10-20(30-2)18(24)12-16/h7-14H,3-6H2,1-2H3,(H,25,27)(H,26,28). The first kappa shape index (κ1) is 21.5. The Kier molecular flexibility index (Phi) is 6.87. The van der Waals surface area contributed by atoms with Gasteiger partial charge in [-0.25, -0.2) is 8.78 Å². The Bertz CT molecular complexity index is 852. The van der Waals surface area contributed by atoms with Crippen molar-refractivity contribution in [3.8, 4) is 11.5 Å². The van der Waals surface area contributed by atoms with Crippen LogP contribution in [-0.2, 0) is 9.59 Å². The molecule has 2 amide bonds. The molecule has 1 aliphatic rings. The van der Waals surface area contributed by atoms with E-state index in [4.69, 9.17) is 9.47 Å². The van der Waals surface area contributed by atoms with Crippen LogP contribution in [-0.4, -0.2) is 26.0 Å². The van der Waals surface area contributed by atoms with Crippen molar-refractivity contribution < 1.29 is 27.8 Å². The molecule has 2 aromatic carbocycles. The minimum Gasteiger partial charge on any atom is -0.494 e. The number of benzene rings is 2. The molecule has 0 radical (unpaired) electrons. The molecule has 0 aliphatic heterocycles. The Morgan fingerprint density at radius 3 is 1.43 bits per heavy atom. The molecular weight excluding hydrogens is 394 g/mol. The van der Waals surface area contributed by atoms with Gasteiger partial charge in [0.05, 0.1) is 14.2 Å². The summed E-state index contributed by atoms with van der Waals surface area (Å²) in [6.45, 7) is 0. The molecule has 0 bridgehead atoms. The van der Waals surface area contributed by atoms with Gasteiger partial charge in [-0.2, -0.15) is 0 Å². The van der Waals surface area contributed by atoms with Crippen LogP contribution in [0.1, 0.15) is 25.7 Å². The Labute approximate surface area is 173 Å². The fraction of sp³-hybridized carbons (Fsp3) is 0.364. The van der Waals surface area contributed by atoms with Crippen molar-refractivity contribution in [2.45, 2.75) is 25.7 Å². The summed E-state index contributed by atoms with van der Waals surface area (Å²) in [7, 11) is 2.74. The van der Waals surface area contributed by atoms with E-state index in [1.807, 2.05) is 0 Å². The molecule has 6 nitrogen and oxygen atoms in total. The zero-order valence-corrected chi connectivity index (χ0v) is 16.8. The van der Waals surface area contributed by atoms with Gasteiger partial charge < -0.3 is 20.1 Å². The maximum Gasteiger partial charge on any atom is 0.227 e. The first-order valence-electron chi connectivity index (χ1n) is 9.70. The molecule has 2 N–H and O–H groups in total. The van der Waals surface area contributed by atoms with Crippen LogP contribution < -0.4 is 20.1 Å². The average molecular weight is 418 g/mol. The predicted molar refractivity (Wildman–Crippen MR) is 109 cm³/mol. The molecule has 2 aromatic rings. The summed E-state index contributed by atoms with van der Waals surface area (Å²) in [5, 5.41) is 5.43. The Morgan fingerprint density at radius 2 is 1.13 bits per heavy atom. The first-order chi connectivity index (χ1) is 14.4. The van der Waals surface area contributed by atoms with Gasteiger partial charge in [-0.1, -0.05) is 0 Å². The van der Waals surface area contributed by atoms with E-state index in [2.05, 4.69) is 10.6 Å². The largest absolute Gasteiger partial charge is 0.494 e. The van der Waals surface area contributed by atoms with Gasteiger partial charge in [-0.3, -0.25) is 9.59 Å². The number of carbonyl (C=O) groups excluding carboxylic acids is 2. The molecule has 0 saturated heterocycles. The molecule has 0 aromatic heterocycles. The quantitative estimate of drug-likeness (QED) is 0.731. The number of anilines is 2. The van der Waals surface area contributed by atoms with E-state index in [1.54, 1.807) is 12.1 Å². The normalized spacial score (nSPS) is 18.4. The van der Waals surface area contributed by atoms with Crippen molar-refractivity contribution in [2.24, 2.45) is 11.8 Å². The van der Waals surface area contributed by atoms with Gasteiger partial charge in [0, 0.05) is 35.3 Å². The molecule has 1 fully saturated rings. The number of nitrogens with one attached hydrogen (secondary N) is 2. The molecule has 160 valence electrons. The number of amides is 2. The van der Waals surface area contributed by atoms with Gasteiger partial charge in [0.1, 0.15) is 0 Å². The predicted octanol–water partition coefficient (Wildman–Crippen LogP) is 4.37. The Morgan fingerprint density at radius 1 is 0.767 bits per heavy atom. The zero-order chi connectivity index (χ0) is 21.7. The van der Waals surface area contributed by atoms with E-state index in [1.165, 1.54) is 38.5 Å². The van der Waals surface area contributed by atoms with Crippen LogP contribution in [0.4, 0.5) is 20.2 Å². The number of rotatable bonds is 6. The number of halogens is 2. The highest BCUT2D eigenvalue weighted by Gasteiger charge is 2.30.